The quantitative estimate of drug-likeness (QED) is 0.861. The molecule has 0 saturated heterocycles. The smallest absolute Gasteiger partial charge is 0.274 e. The Morgan fingerprint density at radius 3 is 3.05 bits per heavy atom. The fraction of sp³-hybridized carbons (Fsp3) is 0.385. The first kappa shape index (κ1) is 16.1. The first-order chi connectivity index (χ1) is 9.65. The summed E-state index contributed by atoms with van der Waals surface area (Å²) in [6.45, 7) is 2.02. The molecule has 6 nitrogen and oxygen atoms in total. The number of furan rings is 1. The summed E-state index contributed by atoms with van der Waals surface area (Å²) in [4.78, 5) is 14.1. The lowest BCUT2D eigenvalue weighted by atomic mass is 10.1. The van der Waals surface area contributed by atoms with Gasteiger partial charge in [0.05, 0.1) is 6.54 Å². The molecule has 0 fully saturated rings. The Kier molecular flexibility index (Phi) is 5.08. The molecule has 2 N–H and O–H groups in total. The van der Waals surface area contributed by atoms with Crippen LogP contribution in [0.15, 0.2) is 21.2 Å². The van der Waals surface area contributed by atoms with Gasteiger partial charge in [0.1, 0.15) is 5.76 Å². The highest BCUT2D eigenvalue weighted by Crippen LogP contribution is 2.19. The number of carbonyl (C=O) groups excluding carboxylic acids is 1. The van der Waals surface area contributed by atoms with E-state index in [1.54, 1.807) is 11.9 Å². The van der Waals surface area contributed by atoms with Crippen LogP contribution in [0.25, 0.3) is 0 Å². The molecule has 8 heteroatoms. The van der Waals surface area contributed by atoms with Gasteiger partial charge < -0.3 is 14.6 Å². The maximum Gasteiger partial charge on any atom is 0.274 e. The van der Waals surface area contributed by atoms with Gasteiger partial charge in [-0.2, -0.15) is 5.10 Å². The normalized spacial score (nSPS) is 13.4. The topological polar surface area (TPSA) is 74.2 Å². The number of aromatic nitrogens is 2. The van der Waals surface area contributed by atoms with Crippen LogP contribution in [0.1, 0.15) is 27.5 Å². The maximum atomic E-state index is 12.5. The Morgan fingerprint density at radius 2 is 2.33 bits per heavy atom. The van der Waals surface area contributed by atoms with E-state index in [0.29, 0.717) is 23.5 Å². The predicted molar refractivity (Wildman–Crippen MR) is 83.5 cm³/mol. The molecule has 0 aliphatic carbocycles. The van der Waals surface area contributed by atoms with E-state index in [9.17, 15) is 4.79 Å². The monoisotopic (exact) mass is 374 g/mol. The molecular formula is C13H16BrClN4O2. The fourth-order valence-corrected chi connectivity index (χ4v) is 2.67. The first-order valence-corrected chi connectivity index (χ1v) is 7.21. The summed E-state index contributed by atoms with van der Waals surface area (Å²) >= 11 is 3.25. The van der Waals surface area contributed by atoms with Gasteiger partial charge in [-0.05, 0) is 28.1 Å². The van der Waals surface area contributed by atoms with Crippen molar-refractivity contribution in [1.29, 1.82) is 0 Å². The van der Waals surface area contributed by atoms with Gasteiger partial charge in [0.2, 0.25) is 0 Å². The van der Waals surface area contributed by atoms with Crippen molar-refractivity contribution in [3.05, 3.63) is 39.5 Å². The minimum absolute atomic E-state index is 0. The van der Waals surface area contributed by atoms with Crippen molar-refractivity contribution in [2.24, 2.45) is 0 Å². The van der Waals surface area contributed by atoms with Gasteiger partial charge in [-0.1, -0.05) is 0 Å². The molecule has 1 aliphatic heterocycles. The molecule has 2 aromatic heterocycles. The molecule has 0 bridgehead atoms. The summed E-state index contributed by atoms with van der Waals surface area (Å²) < 4.78 is 6.08. The van der Waals surface area contributed by atoms with E-state index in [-0.39, 0.29) is 18.3 Å². The number of carbonyl (C=O) groups is 1. The molecule has 0 aromatic carbocycles. The molecule has 0 spiro atoms. The van der Waals surface area contributed by atoms with Crippen LogP contribution in [0, 0.1) is 0 Å². The number of rotatable bonds is 3. The van der Waals surface area contributed by atoms with Crippen molar-refractivity contribution in [3.8, 4) is 0 Å². The SMILES string of the molecule is CN(Cc1ccc(Br)o1)C(=O)c1n[nH]c2c1CNCC2.Cl. The highest BCUT2D eigenvalue weighted by atomic mass is 79.9. The Hall–Kier alpha value is -1.31. The molecule has 0 atom stereocenters. The molecule has 0 saturated carbocycles. The minimum atomic E-state index is -0.0984. The van der Waals surface area contributed by atoms with Crippen molar-refractivity contribution in [2.45, 2.75) is 19.5 Å². The average molecular weight is 376 g/mol. The fourth-order valence-electron chi connectivity index (χ4n) is 2.33. The van der Waals surface area contributed by atoms with Crippen LogP contribution in [-0.4, -0.2) is 34.6 Å². The summed E-state index contributed by atoms with van der Waals surface area (Å²) in [5, 5.41) is 10.4. The number of fused-ring (bicyclic) bond motifs is 1. The largest absolute Gasteiger partial charge is 0.452 e. The van der Waals surface area contributed by atoms with E-state index in [4.69, 9.17) is 4.42 Å². The van der Waals surface area contributed by atoms with E-state index >= 15 is 0 Å². The maximum absolute atomic E-state index is 12.5. The van der Waals surface area contributed by atoms with Gasteiger partial charge >= 0.3 is 0 Å². The third-order valence-electron chi connectivity index (χ3n) is 3.38. The highest BCUT2D eigenvalue weighted by molar-refractivity contribution is 9.10. The predicted octanol–water partition coefficient (Wildman–Crippen LogP) is 2.10. The zero-order chi connectivity index (χ0) is 14.1. The van der Waals surface area contributed by atoms with Crippen LogP contribution in [0.5, 0.6) is 0 Å². The van der Waals surface area contributed by atoms with Gasteiger partial charge in [-0.3, -0.25) is 9.89 Å². The first-order valence-electron chi connectivity index (χ1n) is 6.41. The number of aromatic amines is 1. The van der Waals surface area contributed by atoms with Gasteiger partial charge in [0.15, 0.2) is 10.4 Å². The van der Waals surface area contributed by atoms with E-state index in [1.807, 2.05) is 12.1 Å². The third kappa shape index (κ3) is 3.30. The second-order valence-corrected chi connectivity index (χ2v) is 5.60. The molecule has 2 aromatic rings. The van der Waals surface area contributed by atoms with Gasteiger partial charge in [-0.15, -0.1) is 12.4 Å². The van der Waals surface area contributed by atoms with Crippen molar-refractivity contribution in [1.82, 2.24) is 20.4 Å². The molecular weight excluding hydrogens is 360 g/mol. The molecule has 0 unspecified atom stereocenters. The molecule has 3 rings (SSSR count). The summed E-state index contributed by atoms with van der Waals surface area (Å²) in [7, 11) is 1.75. The van der Waals surface area contributed by atoms with Crippen molar-refractivity contribution < 1.29 is 9.21 Å². The second kappa shape index (κ2) is 6.64. The van der Waals surface area contributed by atoms with Gasteiger partial charge in [0.25, 0.3) is 5.91 Å². The highest BCUT2D eigenvalue weighted by Gasteiger charge is 2.24. The number of nitrogens with zero attached hydrogens (tertiary/aromatic N) is 2. The minimum Gasteiger partial charge on any atom is -0.452 e. The van der Waals surface area contributed by atoms with E-state index in [0.717, 1.165) is 30.0 Å². The number of nitrogens with one attached hydrogen (secondary N) is 2. The van der Waals surface area contributed by atoms with E-state index < -0.39 is 0 Å². The van der Waals surface area contributed by atoms with Gasteiger partial charge in [0, 0.05) is 37.8 Å². The number of amides is 1. The molecule has 21 heavy (non-hydrogen) atoms. The van der Waals surface area contributed by atoms with Crippen molar-refractivity contribution >= 4 is 34.2 Å². The summed E-state index contributed by atoms with van der Waals surface area (Å²) in [6.07, 6.45) is 0.879. The Morgan fingerprint density at radius 1 is 1.52 bits per heavy atom. The van der Waals surface area contributed by atoms with Crippen LogP contribution in [0.3, 0.4) is 0 Å². The van der Waals surface area contributed by atoms with Crippen LogP contribution in [0.4, 0.5) is 0 Å². The van der Waals surface area contributed by atoms with Crippen LogP contribution in [-0.2, 0) is 19.5 Å². The Bertz CT molecular complexity index is 640. The van der Waals surface area contributed by atoms with Crippen molar-refractivity contribution in [2.75, 3.05) is 13.6 Å². The molecule has 1 aliphatic rings. The second-order valence-electron chi connectivity index (χ2n) is 4.82. The van der Waals surface area contributed by atoms with Gasteiger partial charge in [-0.25, -0.2) is 0 Å². The lowest BCUT2D eigenvalue weighted by molar-refractivity contribution is 0.0768. The summed E-state index contributed by atoms with van der Waals surface area (Å²) in [6, 6.07) is 3.66. The number of H-pyrrole nitrogens is 1. The molecule has 1 amide bonds. The average Bonchev–Trinajstić information content (AvgIpc) is 3.04. The van der Waals surface area contributed by atoms with E-state index in [1.165, 1.54) is 0 Å². The summed E-state index contributed by atoms with van der Waals surface area (Å²) in [5.41, 5.74) is 2.54. The molecule has 114 valence electrons. The third-order valence-corrected chi connectivity index (χ3v) is 3.80. The lowest BCUT2D eigenvalue weighted by Gasteiger charge is -2.17. The number of hydrogen-bond donors (Lipinski definition) is 2. The van der Waals surface area contributed by atoms with Crippen LogP contribution >= 0.6 is 28.3 Å². The molecule has 0 radical (unpaired) electrons. The summed E-state index contributed by atoms with van der Waals surface area (Å²) in [5.74, 6) is 0.633. The number of hydrogen-bond acceptors (Lipinski definition) is 4. The Labute approximate surface area is 136 Å². The van der Waals surface area contributed by atoms with Crippen molar-refractivity contribution in [3.63, 3.8) is 0 Å². The Balaban J connectivity index is 0.00000161. The zero-order valence-electron chi connectivity index (χ0n) is 11.5. The standard InChI is InChI=1S/C13H15BrN4O2.ClH/c1-18(7-8-2-3-11(14)20-8)13(19)12-9-6-15-5-4-10(9)16-17-12;/h2-3,15H,4-7H2,1H3,(H,16,17);1H. The number of halogens is 2. The molecule has 3 heterocycles. The zero-order valence-corrected chi connectivity index (χ0v) is 13.9. The van der Waals surface area contributed by atoms with E-state index in [2.05, 4.69) is 31.4 Å². The van der Waals surface area contributed by atoms with Crippen LogP contribution < -0.4 is 5.32 Å². The lowest BCUT2D eigenvalue weighted by Crippen LogP contribution is -2.29. The van der Waals surface area contributed by atoms with Crippen LogP contribution in [0.2, 0.25) is 0 Å².